The molecule has 2 N–H and O–H groups in total. The summed E-state index contributed by atoms with van der Waals surface area (Å²) in [5.74, 6) is -1.18. The Balaban J connectivity index is 1.95. The standard InChI is InChI=1S/C17H13ClFN3O2/c1-10-15(16(23)20-11-7-8-14(19)13(18)9-11)17(24)22(21-10)12-5-3-2-4-6-12/h2-9,21H,1H3,(H,20,23). The van der Waals surface area contributed by atoms with Crippen LogP contribution >= 0.6 is 11.6 Å². The van der Waals surface area contributed by atoms with E-state index in [1.807, 2.05) is 6.07 Å². The lowest BCUT2D eigenvalue weighted by Crippen LogP contribution is -2.24. The third-order valence-electron chi connectivity index (χ3n) is 3.49. The first-order valence-electron chi connectivity index (χ1n) is 7.11. The van der Waals surface area contributed by atoms with Gasteiger partial charge in [-0.05, 0) is 37.3 Å². The lowest BCUT2D eigenvalue weighted by atomic mass is 10.2. The summed E-state index contributed by atoms with van der Waals surface area (Å²) < 4.78 is 14.5. The number of hydrogen-bond donors (Lipinski definition) is 2. The van der Waals surface area contributed by atoms with Crippen LogP contribution in [0.2, 0.25) is 5.02 Å². The van der Waals surface area contributed by atoms with Crippen LogP contribution in [-0.2, 0) is 0 Å². The number of amides is 1. The van der Waals surface area contributed by atoms with Gasteiger partial charge in [0.25, 0.3) is 11.5 Å². The first kappa shape index (κ1) is 16.0. The molecule has 122 valence electrons. The predicted octanol–water partition coefficient (Wildman–Crippen LogP) is 3.52. The Morgan fingerprint density at radius 3 is 2.58 bits per heavy atom. The van der Waals surface area contributed by atoms with E-state index in [4.69, 9.17) is 11.6 Å². The topological polar surface area (TPSA) is 66.9 Å². The highest BCUT2D eigenvalue weighted by atomic mass is 35.5. The second-order valence-electron chi connectivity index (χ2n) is 5.17. The highest BCUT2D eigenvalue weighted by molar-refractivity contribution is 6.31. The first-order chi connectivity index (χ1) is 11.5. The molecule has 1 amide bonds. The second-order valence-corrected chi connectivity index (χ2v) is 5.58. The molecular weight excluding hydrogens is 333 g/mol. The van der Waals surface area contributed by atoms with Crippen molar-refractivity contribution in [1.82, 2.24) is 9.78 Å². The number of aromatic nitrogens is 2. The molecule has 0 saturated heterocycles. The maximum Gasteiger partial charge on any atom is 0.284 e. The zero-order valence-electron chi connectivity index (χ0n) is 12.6. The lowest BCUT2D eigenvalue weighted by molar-refractivity contribution is 0.102. The van der Waals surface area contributed by atoms with Crippen LogP contribution < -0.4 is 10.9 Å². The van der Waals surface area contributed by atoms with Crippen LogP contribution in [0.1, 0.15) is 16.1 Å². The van der Waals surface area contributed by atoms with Gasteiger partial charge in [-0.2, -0.15) is 0 Å². The minimum Gasteiger partial charge on any atom is -0.322 e. The Morgan fingerprint density at radius 2 is 1.92 bits per heavy atom. The molecule has 0 spiro atoms. The van der Waals surface area contributed by atoms with E-state index in [2.05, 4.69) is 10.4 Å². The van der Waals surface area contributed by atoms with Crippen LogP contribution in [0.4, 0.5) is 10.1 Å². The van der Waals surface area contributed by atoms with E-state index in [0.717, 1.165) is 6.07 Å². The number of hydrogen-bond acceptors (Lipinski definition) is 2. The molecule has 0 unspecified atom stereocenters. The van der Waals surface area contributed by atoms with Gasteiger partial charge in [0, 0.05) is 11.4 Å². The van der Waals surface area contributed by atoms with Crippen molar-refractivity contribution in [2.75, 3.05) is 5.32 Å². The van der Waals surface area contributed by atoms with E-state index >= 15 is 0 Å². The van der Waals surface area contributed by atoms with Crippen molar-refractivity contribution in [3.63, 3.8) is 0 Å². The molecule has 5 nitrogen and oxygen atoms in total. The molecule has 2 aromatic carbocycles. The van der Waals surface area contributed by atoms with Gasteiger partial charge < -0.3 is 5.32 Å². The number of nitrogens with one attached hydrogen (secondary N) is 2. The molecule has 0 aliphatic heterocycles. The van der Waals surface area contributed by atoms with Crippen LogP contribution in [-0.4, -0.2) is 15.7 Å². The fraction of sp³-hybridized carbons (Fsp3) is 0.0588. The fourth-order valence-corrected chi connectivity index (χ4v) is 2.52. The normalized spacial score (nSPS) is 10.6. The Hall–Kier alpha value is -2.86. The van der Waals surface area contributed by atoms with Gasteiger partial charge in [0.15, 0.2) is 0 Å². The van der Waals surface area contributed by atoms with E-state index in [-0.39, 0.29) is 10.6 Å². The summed E-state index contributed by atoms with van der Waals surface area (Å²) in [6.45, 7) is 1.63. The number of rotatable bonds is 3. The van der Waals surface area contributed by atoms with Gasteiger partial charge in [-0.3, -0.25) is 14.7 Å². The summed E-state index contributed by atoms with van der Waals surface area (Å²) in [5, 5.41) is 5.31. The number of benzene rings is 2. The van der Waals surface area contributed by atoms with E-state index in [9.17, 15) is 14.0 Å². The van der Waals surface area contributed by atoms with Crippen molar-refractivity contribution in [1.29, 1.82) is 0 Å². The number of aromatic amines is 1. The molecule has 3 aromatic rings. The highest BCUT2D eigenvalue weighted by Gasteiger charge is 2.19. The van der Waals surface area contributed by atoms with Gasteiger partial charge in [-0.25, -0.2) is 9.07 Å². The SMILES string of the molecule is Cc1[nH]n(-c2ccccc2)c(=O)c1C(=O)Nc1ccc(F)c(Cl)c1. The maximum atomic E-state index is 13.2. The zero-order valence-corrected chi connectivity index (χ0v) is 13.4. The van der Waals surface area contributed by atoms with Gasteiger partial charge in [-0.1, -0.05) is 29.8 Å². The van der Waals surface area contributed by atoms with E-state index in [1.165, 1.54) is 16.8 Å². The predicted molar refractivity (Wildman–Crippen MR) is 90.5 cm³/mol. The van der Waals surface area contributed by atoms with Crippen molar-refractivity contribution < 1.29 is 9.18 Å². The monoisotopic (exact) mass is 345 g/mol. The Morgan fingerprint density at radius 1 is 1.21 bits per heavy atom. The zero-order chi connectivity index (χ0) is 17.3. The highest BCUT2D eigenvalue weighted by Crippen LogP contribution is 2.20. The van der Waals surface area contributed by atoms with Crippen LogP contribution in [0.3, 0.4) is 0 Å². The third kappa shape index (κ3) is 2.96. The van der Waals surface area contributed by atoms with E-state index in [1.54, 1.807) is 31.2 Å². The fourth-order valence-electron chi connectivity index (χ4n) is 2.34. The van der Waals surface area contributed by atoms with Crippen molar-refractivity contribution in [2.24, 2.45) is 0 Å². The number of carbonyl (C=O) groups excluding carboxylic acids is 1. The minimum absolute atomic E-state index is 0.0145. The number of halogens is 2. The number of nitrogens with zero attached hydrogens (tertiary/aromatic N) is 1. The largest absolute Gasteiger partial charge is 0.322 e. The summed E-state index contributed by atoms with van der Waals surface area (Å²) in [4.78, 5) is 24.9. The molecule has 24 heavy (non-hydrogen) atoms. The number of aryl methyl sites for hydroxylation is 1. The van der Waals surface area contributed by atoms with Gasteiger partial charge in [-0.15, -0.1) is 0 Å². The van der Waals surface area contributed by atoms with Crippen molar-refractivity contribution >= 4 is 23.2 Å². The molecule has 0 atom stereocenters. The Bertz CT molecular complexity index is 964. The number of para-hydroxylation sites is 1. The van der Waals surface area contributed by atoms with E-state index < -0.39 is 17.3 Å². The molecule has 0 aliphatic rings. The molecule has 0 bridgehead atoms. The quantitative estimate of drug-likeness (QED) is 0.762. The maximum absolute atomic E-state index is 13.2. The smallest absolute Gasteiger partial charge is 0.284 e. The average molecular weight is 346 g/mol. The number of H-pyrrole nitrogens is 1. The van der Waals surface area contributed by atoms with Crippen molar-refractivity contribution in [2.45, 2.75) is 6.92 Å². The molecule has 1 heterocycles. The van der Waals surface area contributed by atoms with Crippen molar-refractivity contribution in [3.8, 4) is 5.69 Å². The van der Waals surface area contributed by atoms with Gasteiger partial charge in [0.2, 0.25) is 0 Å². The summed E-state index contributed by atoms with van der Waals surface area (Å²) >= 11 is 5.69. The van der Waals surface area contributed by atoms with Crippen molar-refractivity contribution in [3.05, 3.63) is 81.0 Å². The molecule has 0 saturated carbocycles. The molecule has 3 rings (SSSR count). The lowest BCUT2D eigenvalue weighted by Gasteiger charge is -2.04. The summed E-state index contributed by atoms with van der Waals surface area (Å²) in [7, 11) is 0. The van der Waals surface area contributed by atoms with Gasteiger partial charge >= 0.3 is 0 Å². The van der Waals surface area contributed by atoms with Gasteiger partial charge in [0.1, 0.15) is 11.4 Å². The number of anilines is 1. The number of carbonyl (C=O) groups is 1. The van der Waals surface area contributed by atoms with Crippen LogP contribution in [0.15, 0.2) is 53.3 Å². The van der Waals surface area contributed by atoms with E-state index in [0.29, 0.717) is 17.1 Å². The van der Waals surface area contributed by atoms with Crippen LogP contribution in [0, 0.1) is 12.7 Å². The minimum atomic E-state index is -0.592. The van der Waals surface area contributed by atoms with Crippen LogP contribution in [0.5, 0.6) is 0 Å². The molecule has 0 radical (unpaired) electrons. The van der Waals surface area contributed by atoms with Crippen LogP contribution in [0.25, 0.3) is 5.69 Å². The Labute approximate surface area is 141 Å². The van der Waals surface area contributed by atoms with Gasteiger partial charge in [0.05, 0.1) is 10.7 Å². The first-order valence-corrected chi connectivity index (χ1v) is 7.48. The molecule has 0 fully saturated rings. The molecule has 1 aromatic heterocycles. The average Bonchev–Trinajstić information content (AvgIpc) is 2.86. The summed E-state index contributed by atoms with van der Waals surface area (Å²) in [5.41, 5.74) is 0.866. The molecule has 7 heteroatoms. The summed E-state index contributed by atoms with van der Waals surface area (Å²) in [6.07, 6.45) is 0. The molecular formula is C17H13ClFN3O2. The molecule has 0 aliphatic carbocycles. The Kier molecular flexibility index (Phi) is 4.22. The third-order valence-corrected chi connectivity index (χ3v) is 3.78. The second kappa shape index (κ2) is 6.33. The summed E-state index contributed by atoms with van der Waals surface area (Å²) in [6, 6.07) is 12.7.